The summed E-state index contributed by atoms with van der Waals surface area (Å²) in [6.07, 6.45) is 4.88. The SMILES string of the molecule is C=CCN(Cc1ccccc1)C(=O)[C@H]1[C@H]2C(=O)N([C@H](CO)c3ccccc3)C(C(=O)N(CC=C)c3c(C)cccc3C)C23CC[C@]1(CC)O3. The van der Waals surface area contributed by atoms with Crippen LogP contribution in [0.3, 0.4) is 0 Å². The number of rotatable bonds is 13. The number of aryl methyl sites for hydroxylation is 2. The van der Waals surface area contributed by atoms with E-state index in [1.165, 1.54) is 0 Å². The maximum absolute atomic E-state index is 15.3. The van der Waals surface area contributed by atoms with E-state index in [1.807, 2.05) is 99.6 Å². The van der Waals surface area contributed by atoms with Gasteiger partial charge in [0.2, 0.25) is 11.8 Å². The van der Waals surface area contributed by atoms with Gasteiger partial charge in [-0.25, -0.2) is 0 Å². The number of hydrogen-bond acceptors (Lipinski definition) is 5. The zero-order valence-electron chi connectivity index (χ0n) is 28.8. The summed E-state index contributed by atoms with van der Waals surface area (Å²) in [6.45, 7) is 14.3. The zero-order valence-corrected chi connectivity index (χ0v) is 28.8. The minimum atomic E-state index is -1.27. The average Bonchev–Trinajstić information content (AvgIpc) is 3.72. The number of carbonyl (C=O) groups is 3. The Labute approximate surface area is 289 Å². The smallest absolute Gasteiger partial charge is 0.253 e. The molecule has 2 bridgehead atoms. The highest BCUT2D eigenvalue weighted by atomic mass is 16.5. The third-order valence-electron chi connectivity index (χ3n) is 11.0. The Morgan fingerprint density at radius 1 is 0.939 bits per heavy atom. The van der Waals surface area contributed by atoms with E-state index in [1.54, 1.807) is 26.9 Å². The van der Waals surface area contributed by atoms with E-state index in [9.17, 15) is 9.90 Å². The van der Waals surface area contributed by atoms with E-state index in [2.05, 4.69) is 13.2 Å². The van der Waals surface area contributed by atoms with Gasteiger partial charge in [0.1, 0.15) is 11.6 Å². The van der Waals surface area contributed by atoms with Crippen molar-refractivity contribution >= 4 is 23.4 Å². The molecule has 0 aromatic heterocycles. The summed E-state index contributed by atoms with van der Waals surface area (Å²) in [5.41, 5.74) is 2.07. The Morgan fingerprint density at radius 2 is 1.57 bits per heavy atom. The lowest BCUT2D eigenvalue weighted by atomic mass is 9.64. The predicted molar refractivity (Wildman–Crippen MR) is 190 cm³/mol. The summed E-state index contributed by atoms with van der Waals surface area (Å²) in [5.74, 6) is -2.56. The van der Waals surface area contributed by atoms with Gasteiger partial charge in [-0.1, -0.05) is 97.9 Å². The molecule has 256 valence electrons. The third-order valence-corrected chi connectivity index (χ3v) is 11.0. The number of hydrogen-bond donors (Lipinski definition) is 1. The van der Waals surface area contributed by atoms with Crippen LogP contribution in [0.5, 0.6) is 0 Å². The number of carbonyl (C=O) groups excluding carboxylic acids is 3. The summed E-state index contributed by atoms with van der Waals surface area (Å²) >= 11 is 0. The number of fused-ring (bicyclic) bond motifs is 1. The van der Waals surface area contributed by atoms with Gasteiger partial charge in [0, 0.05) is 25.3 Å². The zero-order chi connectivity index (χ0) is 34.9. The molecular weight excluding hydrogens is 614 g/mol. The maximum Gasteiger partial charge on any atom is 0.253 e. The Hall–Kier alpha value is -4.53. The molecule has 0 saturated carbocycles. The van der Waals surface area contributed by atoms with Gasteiger partial charge in [-0.2, -0.15) is 0 Å². The van der Waals surface area contributed by atoms with Gasteiger partial charge in [-0.05, 0) is 55.4 Å². The fourth-order valence-electron chi connectivity index (χ4n) is 8.86. The number of benzene rings is 3. The quantitative estimate of drug-likeness (QED) is 0.230. The molecule has 6 atom stereocenters. The molecule has 8 heteroatoms. The molecule has 0 radical (unpaired) electrons. The molecule has 0 aliphatic carbocycles. The van der Waals surface area contributed by atoms with Crippen LogP contribution in [0, 0.1) is 25.7 Å². The third kappa shape index (κ3) is 5.61. The average molecular weight is 662 g/mol. The van der Waals surface area contributed by atoms with E-state index in [0.29, 0.717) is 37.9 Å². The molecule has 3 fully saturated rings. The van der Waals surface area contributed by atoms with Crippen molar-refractivity contribution in [1.82, 2.24) is 9.80 Å². The first-order valence-corrected chi connectivity index (χ1v) is 17.3. The second-order valence-electron chi connectivity index (χ2n) is 13.7. The van der Waals surface area contributed by atoms with Crippen LogP contribution in [0.15, 0.2) is 104 Å². The lowest BCUT2D eigenvalue weighted by Crippen LogP contribution is -2.57. The van der Waals surface area contributed by atoms with E-state index in [0.717, 1.165) is 22.4 Å². The topological polar surface area (TPSA) is 90.4 Å². The fourth-order valence-corrected chi connectivity index (χ4v) is 8.86. The number of likely N-dealkylation sites (tertiary alicyclic amines) is 1. The molecular formula is C41H47N3O5. The van der Waals surface area contributed by atoms with Crippen LogP contribution in [0.1, 0.15) is 54.5 Å². The van der Waals surface area contributed by atoms with E-state index >= 15 is 9.59 Å². The van der Waals surface area contributed by atoms with Crippen molar-refractivity contribution in [1.29, 1.82) is 0 Å². The Kier molecular flexibility index (Phi) is 9.65. The van der Waals surface area contributed by atoms with Crippen LogP contribution in [-0.4, -0.2) is 69.6 Å². The van der Waals surface area contributed by atoms with Gasteiger partial charge in [-0.3, -0.25) is 14.4 Å². The molecule has 1 N–H and O–H groups in total. The lowest BCUT2D eigenvalue weighted by Gasteiger charge is -2.40. The van der Waals surface area contributed by atoms with Crippen LogP contribution >= 0.6 is 0 Å². The van der Waals surface area contributed by atoms with Crippen molar-refractivity contribution < 1.29 is 24.2 Å². The van der Waals surface area contributed by atoms with Crippen LogP contribution in [0.2, 0.25) is 0 Å². The number of amides is 3. The van der Waals surface area contributed by atoms with E-state index < -0.39 is 41.7 Å². The Morgan fingerprint density at radius 3 is 2.16 bits per heavy atom. The van der Waals surface area contributed by atoms with E-state index in [4.69, 9.17) is 4.74 Å². The molecule has 8 nitrogen and oxygen atoms in total. The largest absolute Gasteiger partial charge is 0.394 e. The molecule has 1 spiro atoms. The highest BCUT2D eigenvalue weighted by Gasteiger charge is 2.79. The van der Waals surface area contributed by atoms with Crippen molar-refractivity contribution in [2.24, 2.45) is 11.8 Å². The van der Waals surface area contributed by atoms with Crippen LogP contribution < -0.4 is 4.90 Å². The van der Waals surface area contributed by atoms with E-state index in [-0.39, 0.29) is 24.3 Å². The molecule has 3 aromatic carbocycles. The van der Waals surface area contributed by atoms with Crippen molar-refractivity contribution in [2.45, 2.75) is 69.9 Å². The highest BCUT2D eigenvalue weighted by Crippen LogP contribution is 2.65. The molecule has 2 unspecified atom stereocenters. The number of ether oxygens (including phenoxy) is 1. The number of aliphatic hydroxyl groups excluding tert-OH is 1. The predicted octanol–water partition coefficient (Wildman–Crippen LogP) is 5.93. The summed E-state index contributed by atoms with van der Waals surface area (Å²) in [4.78, 5) is 50.4. The van der Waals surface area contributed by atoms with Gasteiger partial charge >= 0.3 is 0 Å². The van der Waals surface area contributed by atoms with Gasteiger partial charge in [0.25, 0.3) is 5.91 Å². The molecule has 3 aliphatic rings. The minimum Gasteiger partial charge on any atom is -0.394 e. The number of aliphatic hydroxyl groups is 1. The van der Waals surface area contributed by atoms with Crippen molar-refractivity contribution in [3.05, 3.63) is 126 Å². The summed E-state index contributed by atoms with van der Waals surface area (Å²) in [6, 6.07) is 23.0. The normalized spacial score (nSPS) is 25.9. The van der Waals surface area contributed by atoms with Crippen molar-refractivity contribution in [2.75, 3.05) is 24.6 Å². The molecule has 3 amide bonds. The fraction of sp³-hybridized carbons (Fsp3) is 0.390. The number of anilines is 1. The monoisotopic (exact) mass is 661 g/mol. The van der Waals surface area contributed by atoms with Gasteiger partial charge in [0.15, 0.2) is 0 Å². The van der Waals surface area contributed by atoms with Crippen LogP contribution in [-0.2, 0) is 25.7 Å². The second kappa shape index (κ2) is 13.8. The van der Waals surface area contributed by atoms with Crippen molar-refractivity contribution in [3.63, 3.8) is 0 Å². The van der Waals surface area contributed by atoms with Crippen molar-refractivity contribution in [3.8, 4) is 0 Å². The Balaban J connectivity index is 1.51. The summed E-state index contributed by atoms with van der Waals surface area (Å²) in [5, 5.41) is 11.0. The summed E-state index contributed by atoms with van der Waals surface area (Å²) in [7, 11) is 0. The standard InChI is InChI=1S/C41H47N3O5/c1-6-24-42(26-30-18-11-9-12-19-30)37(46)33-34-38(47)44(32(27-45)31-20-13-10-14-21-31)36(41(34)23-22-40(33,8-3)49-41)39(48)43(25-7-2)35-28(4)16-15-17-29(35)5/h6-7,9-21,32-34,36,45H,1-2,8,22-27H2,3-5H3/t32-,33-,34+,36?,40+,41?/m1/s1. The number of nitrogens with zero attached hydrogens (tertiary/aromatic N) is 3. The minimum absolute atomic E-state index is 0.184. The van der Waals surface area contributed by atoms with Crippen LogP contribution in [0.25, 0.3) is 0 Å². The highest BCUT2D eigenvalue weighted by molar-refractivity contribution is 6.06. The molecule has 3 aliphatic heterocycles. The molecule has 3 aromatic rings. The Bertz CT molecular complexity index is 1710. The first-order valence-electron chi connectivity index (χ1n) is 17.3. The van der Waals surface area contributed by atoms with Gasteiger partial charge in [0.05, 0.1) is 30.1 Å². The second-order valence-corrected chi connectivity index (χ2v) is 13.7. The number of para-hydroxylation sites is 1. The molecule has 3 heterocycles. The maximum atomic E-state index is 15.3. The molecule has 3 saturated heterocycles. The van der Waals surface area contributed by atoms with Gasteiger partial charge in [-0.15, -0.1) is 13.2 Å². The molecule has 49 heavy (non-hydrogen) atoms. The summed E-state index contributed by atoms with van der Waals surface area (Å²) < 4.78 is 7.13. The lowest BCUT2D eigenvalue weighted by molar-refractivity contribution is -0.154. The molecule has 6 rings (SSSR count). The van der Waals surface area contributed by atoms with Gasteiger partial charge < -0.3 is 24.5 Å². The first kappa shape index (κ1) is 34.3. The first-order chi connectivity index (χ1) is 23.7. The van der Waals surface area contributed by atoms with Crippen LogP contribution in [0.4, 0.5) is 5.69 Å².